The van der Waals surface area contributed by atoms with Crippen molar-refractivity contribution in [2.45, 2.75) is 25.0 Å². The van der Waals surface area contributed by atoms with Crippen LogP contribution in [0.5, 0.6) is 0 Å². The molecule has 0 radical (unpaired) electrons. The standard InChI is InChI=1S/C17H22N6O3S/c1-13(2)22-12-18-19-17(22)27-11-16(24)21-9-7-20(8-10-21)14-3-5-15(6-4-14)23(25)26/h3-6,12-13H,7-11H2,1-2H3. The van der Waals surface area contributed by atoms with Gasteiger partial charge in [-0.1, -0.05) is 11.8 Å². The first-order valence-corrected chi connectivity index (χ1v) is 9.73. The summed E-state index contributed by atoms with van der Waals surface area (Å²) in [6.07, 6.45) is 1.68. The number of benzene rings is 1. The number of carbonyl (C=O) groups excluding carboxylic acids is 1. The maximum absolute atomic E-state index is 12.5. The second-order valence-electron chi connectivity index (χ2n) is 6.54. The van der Waals surface area contributed by atoms with Gasteiger partial charge in [0.1, 0.15) is 6.33 Å². The van der Waals surface area contributed by atoms with Gasteiger partial charge in [0.2, 0.25) is 5.91 Å². The van der Waals surface area contributed by atoms with E-state index >= 15 is 0 Å². The molecule has 10 heteroatoms. The minimum absolute atomic E-state index is 0.0823. The van der Waals surface area contributed by atoms with Gasteiger partial charge >= 0.3 is 0 Å². The van der Waals surface area contributed by atoms with Crippen LogP contribution in [0.2, 0.25) is 0 Å². The number of nitrogens with zero attached hydrogens (tertiary/aromatic N) is 6. The lowest BCUT2D eigenvalue weighted by Gasteiger charge is -2.36. The first-order chi connectivity index (χ1) is 13.0. The van der Waals surface area contributed by atoms with Gasteiger partial charge < -0.3 is 14.4 Å². The minimum Gasteiger partial charge on any atom is -0.368 e. The molecule has 1 aliphatic rings. The van der Waals surface area contributed by atoms with Crippen LogP contribution in [0.25, 0.3) is 0 Å². The number of anilines is 1. The minimum atomic E-state index is -0.405. The molecular weight excluding hydrogens is 368 g/mol. The Morgan fingerprint density at radius 3 is 2.48 bits per heavy atom. The molecule has 27 heavy (non-hydrogen) atoms. The van der Waals surface area contributed by atoms with Crippen molar-refractivity contribution in [3.05, 3.63) is 40.7 Å². The molecule has 0 unspecified atom stereocenters. The molecule has 2 aromatic rings. The van der Waals surface area contributed by atoms with Crippen LogP contribution in [0.3, 0.4) is 0 Å². The van der Waals surface area contributed by atoms with E-state index in [9.17, 15) is 14.9 Å². The third-order valence-corrected chi connectivity index (χ3v) is 5.42. The van der Waals surface area contributed by atoms with Crippen molar-refractivity contribution in [1.82, 2.24) is 19.7 Å². The summed E-state index contributed by atoms with van der Waals surface area (Å²) in [6.45, 7) is 6.77. The van der Waals surface area contributed by atoms with Crippen molar-refractivity contribution in [3.63, 3.8) is 0 Å². The quantitative estimate of drug-likeness (QED) is 0.424. The van der Waals surface area contributed by atoms with E-state index in [1.54, 1.807) is 18.5 Å². The largest absolute Gasteiger partial charge is 0.368 e. The molecule has 1 aromatic carbocycles. The second-order valence-corrected chi connectivity index (χ2v) is 7.49. The van der Waals surface area contributed by atoms with Gasteiger partial charge in [-0.15, -0.1) is 10.2 Å². The molecule has 0 bridgehead atoms. The summed E-state index contributed by atoms with van der Waals surface area (Å²) < 4.78 is 1.95. The zero-order valence-electron chi connectivity index (χ0n) is 15.3. The van der Waals surface area contributed by atoms with Crippen molar-refractivity contribution in [2.75, 3.05) is 36.8 Å². The molecule has 0 saturated carbocycles. The fraction of sp³-hybridized carbons (Fsp3) is 0.471. The maximum Gasteiger partial charge on any atom is 0.269 e. The van der Waals surface area contributed by atoms with Gasteiger partial charge in [-0.3, -0.25) is 14.9 Å². The Kier molecular flexibility index (Phi) is 5.94. The van der Waals surface area contributed by atoms with E-state index in [1.807, 2.05) is 23.3 Å². The third-order valence-electron chi connectivity index (χ3n) is 4.48. The van der Waals surface area contributed by atoms with Crippen LogP contribution in [0.4, 0.5) is 11.4 Å². The number of hydrogen-bond donors (Lipinski definition) is 0. The molecule has 2 heterocycles. The Morgan fingerprint density at radius 2 is 1.89 bits per heavy atom. The third kappa shape index (κ3) is 4.57. The molecule has 0 atom stereocenters. The highest BCUT2D eigenvalue weighted by atomic mass is 32.2. The SMILES string of the molecule is CC(C)n1cnnc1SCC(=O)N1CCN(c2ccc([N+](=O)[O-])cc2)CC1. The number of nitro benzene ring substituents is 1. The lowest BCUT2D eigenvalue weighted by atomic mass is 10.2. The van der Waals surface area contributed by atoms with E-state index in [-0.39, 0.29) is 17.6 Å². The van der Waals surface area contributed by atoms with E-state index in [0.29, 0.717) is 31.9 Å². The summed E-state index contributed by atoms with van der Waals surface area (Å²) >= 11 is 1.41. The van der Waals surface area contributed by atoms with E-state index in [2.05, 4.69) is 15.1 Å². The van der Waals surface area contributed by atoms with Crippen LogP contribution >= 0.6 is 11.8 Å². The van der Waals surface area contributed by atoms with E-state index in [4.69, 9.17) is 0 Å². The summed E-state index contributed by atoms with van der Waals surface area (Å²) in [5, 5.41) is 19.5. The summed E-state index contributed by atoms with van der Waals surface area (Å²) in [6, 6.07) is 6.78. The summed E-state index contributed by atoms with van der Waals surface area (Å²) in [4.78, 5) is 26.8. The Bertz CT molecular complexity index is 799. The van der Waals surface area contributed by atoms with Gasteiger partial charge in [0.05, 0.1) is 10.7 Å². The first-order valence-electron chi connectivity index (χ1n) is 8.75. The predicted molar refractivity (Wildman–Crippen MR) is 103 cm³/mol. The van der Waals surface area contributed by atoms with Crippen molar-refractivity contribution in [2.24, 2.45) is 0 Å². The molecule has 0 N–H and O–H groups in total. The number of nitro groups is 1. The summed E-state index contributed by atoms with van der Waals surface area (Å²) in [7, 11) is 0. The average molecular weight is 390 g/mol. The number of amides is 1. The number of aromatic nitrogens is 3. The number of carbonyl (C=O) groups is 1. The highest BCUT2D eigenvalue weighted by molar-refractivity contribution is 7.99. The van der Waals surface area contributed by atoms with Crippen LogP contribution in [0.15, 0.2) is 35.7 Å². The van der Waals surface area contributed by atoms with Gasteiger partial charge in [-0.05, 0) is 26.0 Å². The fourth-order valence-electron chi connectivity index (χ4n) is 2.91. The van der Waals surface area contributed by atoms with Crippen LogP contribution in [-0.2, 0) is 4.79 Å². The van der Waals surface area contributed by atoms with Gasteiger partial charge in [-0.2, -0.15) is 0 Å². The molecule has 144 valence electrons. The molecule has 1 aromatic heterocycles. The molecule has 1 fully saturated rings. The normalized spacial score (nSPS) is 14.6. The van der Waals surface area contributed by atoms with Crippen LogP contribution in [-0.4, -0.2) is 62.4 Å². The van der Waals surface area contributed by atoms with Crippen molar-refractivity contribution in [3.8, 4) is 0 Å². The number of rotatable bonds is 6. The molecule has 1 amide bonds. The Labute approximate surface area is 161 Å². The highest BCUT2D eigenvalue weighted by Crippen LogP contribution is 2.22. The molecular formula is C17H22N6O3S. The lowest BCUT2D eigenvalue weighted by Crippen LogP contribution is -2.49. The van der Waals surface area contributed by atoms with Gasteiger partial charge in [-0.25, -0.2) is 0 Å². The number of hydrogen-bond acceptors (Lipinski definition) is 7. The molecule has 1 aliphatic heterocycles. The van der Waals surface area contributed by atoms with Crippen molar-refractivity contribution < 1.29 is 9.72 Å². The lowest BCUT2D eigenvalue weighted by molar-refractivity contribution is -0.384. The van der Waals surface area contributed by atoms with Crippen LogP contribution in [0.1, 0.15) is 19.9 Å². The number of thioether (sulfide) groups is 1. The van der Waals surface area contributed by atoms with Crippen molar-refractivity contribution in [1.29, 1.82) is 0 Å². The van der Waals surface area contributed by atoms with Crippen molar-refractivity contribution >= 4 is 29.0 Å². The number of piperazine rings is 1. The molecule has 1 saturated heterocycles. The second kappa shape index (κ2) is 8.38. The number of non-ortho nitro benzene ring substituents is 1. The first kappa shape index (κ1) is 19.2. The molecule has 0 aliphatic carbocycles. The molecule has 0 spiro atoms. The van der Waals surface area contributed by atoms with Gasteiger partial charge in [0.25, 0.3) is 5.69 Å². The molecule has 9 nitrogen and oxygen atoms in total. The van der Waals surface area contributed by atoms with E-state index in [0.717, 1.165) is 10.8 Å². The topological polar surface area (TPSA) is 97.4 Å². The maximum atomic E-state index is 12.5. The zero-order valence-corrected chi connectivity index (χ0v) is 16.1. The van der Waals surface area contributed by atoms with Gasteiger partial charge in [0.15, 0.2) is 5.16 Å². The predicted octanol–water partition coefficient (Wildman–Crippen LogP) is 2.21. The average Bonchev–Trinajstić information content (AvgIpc) is 3.15. The smallest absolute Gasteiger partial charge is 0.269 e. The zero-order chi connectivity index (χ0) is 19.4. The van der Waals surface area contributed by atoms with Gasteiger partial charge in [0, 0.05) is 50.0 Å². The summed E-state index contributed by atoms with van der Waals surface area (Å²) in [5.41, 5.74) is 1.02. The Morgan fingerprint density at radius 1 is 1.22 bits per heavy atom. The van der Waals surface area contributed by atoms with E-state index in [1.165, 1.54) is 23.9 Å². The van der Waals surface area contributed by atoms with Crippen LogP contribution in [0, 0.1) is 10.1 Å². The summed E-state index contributed by atoms with van der Waals surface area (Å²) in [5.74, 6) is 0.421. The molecule has 3 rings (SSSR count). The van der Waals surface area contributed by atoms with Crippen LogP contribution < -0.4 is 4.90 Å². The highest BCUT2D eigenvalue weighted by Gasteiger charge is 2.22. The fourth-order valence-corrected chi connectivity index (χ4v) is 3.85. The monoisotopic (exact) mass is 390 g/mol. The Balaban J connectivity index is 1.50. The van der Waals surface area contributed by atoms with E-state index < -0.39 is 4.92 Å². The Hall–Kier alpha value is -2.62.